The number of hydrogen-bond acceptors (Lipinski definition) is 7. The van der Waals surface area contributed by atoms with Crippen LogP contribution >= 0.6 is 11.3 Å². The summed E-state index contributed by atoms with van der Waals surface area (Å²) in [4.78, 5) is 32.8. The molecule has 150 valence electrons. The minimum atomic E-state index is -1.13. The third kappa shape index (κ3) is 4.20. The average Bonchev–Trinajstić information content (AvgIpc) is 3.05. The zero-order chi connectivity index (χ0) is 19.4. The van der Waals surface area contributed by atoms with Crippen LogP contribution < -0.4 is 5.73 Å². The van der Waals surface area contributed by atoms with Gasteiger partial charge in [0.2, 0.25) is 5.60 Å². The van der Waals surface area contributed by atoms with Gasteiger partial charge in [-0.2, -0.15) is 0 Å². The van der Waals surface area contributed by atoms with Gasteiger partial charge in [0.05, 0.1) is 12.8 Å². The summed E-state index contributed by atoms with van der Waals surface area (Å²) in [7, 11) is 1.35. The van der Waals surface area contributed by atoms with Gasteiger partial charge in [-0.3, -0.25) is 0 Å². The maximum Gasteiger partial charge on any atom is 0.411 e. The molecule has 2 aliphatic carbocycles. The van der Waals surface area contributed by atoms with Gasteiger partial charge >= 0.3 is 12.1 Å². The number of aromatic nitrogens is 1. The number of esters is 1. The SMILES string of the molecule is CCCN(C(=O)OC1(C(=O)OC)CCCCC1)[C@H]1CCc2nc(N)sc2C1. The Hall–Kier alpha value is -1.83. The summed E-state index contributed by atoms with van der Waals surface area (Å²) in [6, 6.07) is 0.0445. The first-order valence-electron chi connectivity index (χ1n) is 9.81. The fourth-order valence-electron chi connectivity index (χ4n) is 4.19. The van der Waals surface area contributed by atoms with E-state index in [4.69, 9.17) is 15.2 Å². The van der Waals surface area contributed by atoms with Gasteiger partial charge in [-0.15, -0.1) is 11.3 Å². The number of carbonyl (C=O) groups excluding carboxylic acids is 2. The number of methoxy groups -OCH3 is 1. The van der Waals surface area contributed by atoms with Gasteiger partial charge in [0, 0.05) is 23.9 Å². The molecule has 8 heteroatoms. The van der Waals surface area contributed by atoms with Crippen molar-refractivity contribution in [3.63, 3.8) is 0 Å². The molecule has 1 fully saturated rings. The van der Waals surface area contributed by atoms with E-state index >= 15 is 0 Å². The van der Waals surface area contributed by atoms with Crippen LogP contribution in [0.4, 0.5) is 9.93 Å². The zero-order valence-electron chi connectivity index (χ0n) is 16.2. The highest BCUT2D eigenvalue weighted by molar-refractivity contribution is 7.15. The molecule has 1 aromatic rings. The molecule has 0 aliphatic heterocycles. The van der Waals surface area contributed by atoms with E-state index in [0.29, 0.717) is 24.5 Å². The van der Waals surface area contributed by atoms with Crippen LogP contribution in [-0.2, 0) is 27.1 Å². The highest BCUT2D eigenvalue weighted by atomic mass is 32.1. The van der Waals surface area contributed by atoms with Crippen molar-refractivity contribution in [3.8, 4) is 0 Å². The van der Waals surface area contributed by atoms with Gasteiger partial charge in [0.25, 0.3) is 0 Å². The van der Waals surface area contributed by atoms with E-state index in [-0.39, 0.29) is 6.04 Å². The Kier molecular flexibility index (Phi) is 6.24. The Labute approximate surface area is 164 Å². The van der Waals surface area contributed by atoms with Crippen LogP contribution in [0, 0.1) is 0 Å². The molecule has 0 saturated heterocycles. The van der Waals surface area contributed by atoms with Crippen molar-refractivity contribution in [3.05, 3.63) is 10.6 Å². The van der Waals surface area contributed by atoms with E-state index in [1.54, 1.807) is 4.90 Å². The first kappa shape index (κ1) is 19.9. The summed E-state index contributed by atoms with van der Waals surface area (Å²) >= 11 is 1.50. The highest BCUT2D eigenvalue weighted by Gasteiger charge is 2.46. The molecule has 0 bridgehead atoms. The topological polar surface area (TPSA) is 94.8 Å². The number of amides is 1. The largest absolute Gasteiger partial charge is 0.466 e. The van der Waals surface area contributed by atoms with Crippen molar-refractivity contribution in [2.24, 2.45) is 0 Å². The second-order valence-electron chi connectivity index (χ2n) is 7.43. The molecule has 7 nitrogen and oxygen atoms in total. The number of carbonyl (C=O) groups is 2. The van der Waals surface area contributed by atoms with Crippen LogP contribution in [0.15, 0.2) is 0 Å². The molecule has 1 heterocycles. The van der Waals surface area contributed by atoms with E-state index in [2.05, 4.69) is 4.98 Å². The smallest absolute Gasteiger partial charge is 0.411 e. The number of nitrogen functional groups attached to an aromatic ring is 1. The molecule has 0 spiro atoms. The number of ether oxygens (including phenoxy) is 2. The fraction of sp³-hybridized carbons (Fsp3) is 0.737. The molecule has 1 aromatic heterocycles. The van der Waals surface area contributed by atoms with Crippen LogP contribution in [-0.4, -0.2) is 47.2 Å². The van der Waals surface area contributed by atoms with Crippen molar-refractivity contribution in [1.82, 2.24) is 9.88 Å². The number of aryl methyl sites for hydroxylation is 1. The molecule has 1 saturated carbocycles. The Bertz CT molecular complexity index is 684. The predicted molar refractivity (Wildman–Crippen MR) is 104 cm³/mol. The van der Waals surface area contributed by atoms with Crippen molar-refractivity contribution in [2.75, 3.05) is 19.4 Å². The number of thiazole rings is 1. The fourth-order valence-corrected chi connectivity index (χ4v) is 5.14. The summed E-state index contributed by atoms with van der Waals surface area (Å²) in [5.74, 6) is -0.437. The lowest BCUT2D eigenvalue weighted by Gasteiger charge is -2.38. The standard InChI is InChI=1S/C19H29N3O4S/c1-3-11-22(13-7-8-14-15(12-13)27-17(20)21-14)18(24)26-19(16(23)25-2)9-5-4-6-10-19/h13H,3-12H2,1-2H3,(H2,20,21)/t13-/m0/s1. The molecule has 0 unspecified atom stereocenters. The molecular weight excluding hydrogens is 366 g/mol. The Balaban J connectivity index is 1.75. The molecule has 1 atom stereocenters. The summed E-state index contributed by atoms with van der Waals surface area (Å²) in [6.07, 6.45) is 6.64. The van der Waals surface area contributed by atoms with E-state index in [1.807, 2.05) is 6.92 Å². The van der Waals surface area contributed by atoms with Gasteiger partial charge in [0.1, 0.15) is 0 Å². The minimum absolute atomic E-state index is 0.0445. The van der Waals surface area contributed by atoms with Crippen LogP contribution in [0.3, 0.4) is 0 Å². The quantitative estimate of drug-likeness (QED) is 0.769. The molecule has 1 amide bonds. The van der Waals surface area contributed by atoms with E-state index in [1.165, 1.54) is 18.4 Å². The molecule has 3 rings (SSSR count). The van der Waals surface area contributed by atoms with Gasteiger partial charge in [-0.1, -0.05) is 13.3 Å². The van der Waals surface area contributed by atoms with Crippen LogP contribution in [0.1, 0.15) is 62.4 Å². The molecule has 0 aromatic carbocycles. The van der Waals surface area contributed by atoms with Gasteiger partial charge in [0.15, 0.2) is 5.13 Å². The Morgan fingerprint density at radius 1 is 1.33 bits per heavy atom. The summed E-state index contributed by atoms with van der Waals surface area (Å²) < 4.78 is 10.8. The summed E-state index contributed by atoms with van der Waals surface area (Å²) in [6.45, 7) is 2.64. The zero-order valence-corrected chi connectivity index (χ0v) is 17.0. The molecular formula is C19H29N3O4S. The minimum Gasteiger partial charge on any atom is -0.466 e. The lowest BCUT2D eigenvalue weighted by atomic mass is 9.84. The van der Waals surface area contributed by atoms with E-state index in [9.17, 15) is 9.59 Å². The summed E-state index contributed by atoms with van der Waals surface area (Å²) in [5.41, 5.74) is 5.76. The van der Waals surface area contributed by atoms with Crippen molar-refractivity contribution >= 4 is 28.5 Å². The number of rotatable bonds is 5. The average molecular weight is 396 g/mol. The number of hydrogen-bond donors (Lipinski definition) is 1. The van der Waals surface area contributed by atoms with Crippen molar-refractivity contribution in [2.45, 2.75) is 76.4 Å². The van der Waals surface area contributed by atoms with Gasteiger partial charge < -0.3 is 20.1 Å². The normalized spacial score (nSPS) is 21.2. The molecule has 0 radical (unpaired) electrons. The van der Waals surface area contributed by atoms with Crippen LogP contribution in [0.25, 0.3) is 0 Å². The predicted octanol–water partition coefficient (Wildman–Crippen LogP) is 3.31. The Morgan fingerprint density at radius 2 is 2.07 bits per heavy atom. The van der Waals surface area contributed by atoms with Gasteiger partial charge in [-0.05, 0) is 44.9 Å². The van der Waals surface area contributed by atoms with E-state index in [0.717, 1.165) is 55.5 Å². The second kappa shape index (κ2) is 8.46. The van der Waals surface area contributed by atoms with Crippen molar-refractivity contribution < 1.29 is 19.1 Å². The number of anilines is 1. The molecule has 27 heavy (non-hydrogen) atoms. The number of nitrogens with two attached hydrogens (primary N) is 1. The lowest BCUT2D eigenvalue weighted by Crippen LogP contribution is -2.51. The number of nitrogens with zero attached hydrogens (tertiary/aromatic N) is 2. The second-order valence-corrected chi connectivity index (χ2v) is 8.54. The third-order valence-corrected chi connectivity index (χ3v) is 6.52. The van der Waals surface area contributed by atoms with Crippen LogP contribution in [0.2, 0.25) is 0 Å². The first-order chi connectivity index (χ1) is 13.0. The summed E-state index contributed by atoms with van der Waals surface area (Å²) in [5, 5.41) is 0.581. The third-order valence-electron chi connectivity index (χ3n) is 5.57. The highest BCUT2D eigenvalue weighted by Crippen LogP contribution is 2.35. The maximum absolute atomic E-state index is 13.1. The maximum atomic E-state index is 13.1. The first-order valence-corrected chi connectivity index (χ1v) is 10.6. The van der Waals surface area contributed by atoms with Crippen molar-refractivity contribution in [1.29, 1.82) is 0 Å². The molecule has 2 aliphatic rings. The van der Waals surface area contributed by atoms with Gasteiger partial charge in [-0.25, -0.2) is 14.6 Å². The number of fused-ring (bicyclic) bond motifs is 1. The lowest BCUT2D eigenvalue weighted by molar-refractivity contribution is -0.167. The Morgan fingerprint density at radius 3 is 2.74 bits per heavy atom. The van der Waals surface area contributed by atoms with Crippen LogP contribution in [0.5, 0.6) is 0 Å². The van der Waals surface area contributed by atoms with E-state index < -0.39 is 17.7 Å². The monoisotopic (exact) mass is 395 g/mol. The molecule has 2 N–H and O–H groups in total.